The van der Waals surface area contributed by atoms with Crippen molar-refractivity contribution in [2.45, 2.75) is 5.75 Å². The van der Waals surface area contributed by atoms with Crippen LogP contribution in [-0.4, -0.2) is 36.0 Å². The summed E-state index contributed by atoms with van der Waals surface area (Å²) in [6, 6.07) is 11.5. The van der Waals surface area contributed by atoms with Crippen LogP contribution in [0.15, 0.2) is 61.1 Å². The molecule has 0 unspecified atom stereocenters. The Morgan fingerprint density at radius 1 is 1.00 bits per heavy atom. The minimum atomic E-state index is -3.17. The molecule has 2 N–H and O–H groups in total. The molecule has 0 radical (unpaired) electrons. The Balaban J connectivity index is 1.65. The number of halogens is 1. The largest absolute Gasteiger partial charge is 0.295 e. The van der Waals surface area contributed by atoms with Gasteiger partial charge >= 0.3 is 0 Å². The van der Waals surface area contributed by atoms with Gasteiger partial charge in [-0.3, -0.25) is 25.0 Å². The summed E-state index contributed by atoms with van der Waals surface area (Å²) in [6.07, 6.45) is 3.83. The van der Waals surface area contributed by atoms with E-state index in [1.807, 2.05) is 0 Å². The Morgan fingerprint density at radius 3 is 2.24 bits per heavy atom. The van der Waals surface area contributed by atoms with E-state index in [0.29, 0.717) is 11.3 Å². The van der Waals surface area contributed by atoms with Gasteiger partial charge in [-0.05, 0) is 42.0 Å². The molecule has 8 nitrogen and oxygen atoms in total. The fourth-order valence-electron chi connectivity index (χ4n) is 2.58. The van der Waals surface area contributed by atoms with Gasteiger partial charge in [0.25, 0.3) is 11.8 Å². The van der Waals surface area contributed by atoms with Crippen molar-refractivity contribution in [3.8, 4) is 5.69 Å². The van der Waals surface area contributed by atoms with Gasteiger partial charge in [0.2, 0.25) is 0 Å². The van der Waals surface area contributed by atoms with Crippen molar-refractivity contribution in [1.29, 1.82) is 0 Å². The second-order valence-electron chi connectivity index (χ2n) is 6.30. The molecule has 0 aliphatic rings. The van der Waals surface area contributed by atoms with Crippen LogP contribution in [0.5, 0.6) is 0 Å². The first kappa shape index (κ1) is 20.2. The van der Waals surface area contributed by atoms with Gasteiger partial charge in [-0.1, -0.05) is 12.1 Å². The van der Waals surface area contributed by atoms with Gasteiger partial charge in [-0.15, -0.1) is 0 Å². The molecule has 2 amide bonds. The summed E-state index contributed by atoms with van der Waals surface area (Å²) in [5, 5.41) is 0. The molecule has 1 aromatic heterocycles. The normalized spacial score (nSPS) is 11.1. The van der Waals surface area contributed by atoms with Gasteiger partial charge < -0.3 is 0 Å². The molecule has 0 fully saturated rings. The van der Waals surface area contributed by atoms with Crippen LogP contribution in [0.1, 0.15) is 26.4 Å². The molecule has 0 atom stereocenters. The molecule has 29 heavy (non-hydrogen) atoms. The molecule has 0 spiro atoms. The molecule has 10 heteroatoms. The van der Waals surface area contributed by atoms with Crippen LogP contribution in [-0.2, 0) is 15.6 Å². The number of hydrogen-bond acceptors (Lipinski definition) is 5. The molecule has 3 aromatic rings. The van der Waals surface area contributed by atoms with E-state index in [1.165, 1.54) is 65.6 Å². The first-order valence-corrected chi connectivity index (χ1v) is 10.4. The minimum Gasteiger partial charge on any atom is -0.295 e. The molecule has 1 heterocycles. The number of carbonyl (C=O) groups excluding carboxylic acids is 2. The van der Waals surface area contributed by atoms with Crippen molar-refractivity contribution < 1.29 is 22.4 Å². The molecule has 0 saturated heterocycles. The number of hydrazine groups is 1. The lowest BCUT2D eigenvalue weighted by Gasteiger charge is -2.10. The number of aromatic nitrogens is 2. The van der Waals surface area contributed by atoms with Gasteiger partial charge in [0.1, 0.15) is 11.5 Å². The number of nitrogens with one attached hydrogen (secondary N) is 2. The van der Waals surface area contributed by atoms with Crippen LogP contribution >= 0.6 is 0 Å². The quantitative estimate of drug-likeness (QED) is 0.615. The molecule has 0 aliphatic carbocycles. The first-order chi connectivity index (χ1) is 13.7. The molecule has 0 saturated carbocycles. The van der Waals surface area contributed by atoms with Gasteiger partial charge in [0, 0.05) is 17.5 Å². The Labute approximate surface area is 166 Å². The van der Waals surface area contributed by atoms with E-state index in [1.54, 1.807) is 0 Å². The highest BCUT2D eigenvalue weighted by Crippen LogP contribution is 2.12. The Hall–Kier alpha value is -3.53. The second-order valence-corrected chi connectivity index (χ2v) is 8.44. The fourth-order valence-corrected chi connectivity index (χ4v) is 3.37. The van der Waals surface area contributed by atoms with Crippen molar-refractivity contribution in [2.24, 2.45) is 0 Å². The first-order valence-electron chi connectivity index (χ1n) is 8.38. The summed E-state index contributed by atoms with van der Waals surface area (Å²) in [4.78, 5) is 28.5. The summed E-state index contributed by atoms with van der Waals surface area (Å²) in [5.41, 5.74) is 6.04. The average molecular weight is 416 g/mol. The zero-order valence-corrected chi connectivity index (χ0v) is 16.1. The number of sulfone groups is 1. The molecule has 0 aliphatic heterocycles. The van der Waals surface area contributed by atoms with Crippen molar-refractivity contribution in [2.75, 3.05) is 6.26 Å². The predicted octanol–water partition coefficient (Wildman–Crippen LogP) is 1.63. The van der Waals surface area contributed by atoms with Gasteiger partial charge in [-0.25, -0.2) is 17.8 Å². The predicted molar refractivity (Wildman–Crippen MR) is 103 cm³/mol. The highest BCUT2D eigenvalue weighted by Gasteiger charge is 2.15. The second kappa shape index (κ2) is 8.23. The SMILES string of the molecule is CS(=O)(=O)Cc1ccc(C(=O)NNC(=O)c2cncn2-c2ccc(F)cc2)cc1. The molecular weight excluding hydrogens is 399 g/mol. The lowest BCUT2D eigenvalue weighted by Crippen LogP contribution is -2.42. The van der Waals surface area contributed by atoms with E-state index < -0.39 is 27.5 Å². The molecule has 0 bridgehead atoms. The van der Waals surface area contributed by atoms with Crippen molar-refractivity contribution in [1.82, 2.24) is 20.4 Å². The zero-order chi connectivity index (χ0) is 21.0. The van der Waals surface area contributed by atoms with E-state index in [9.17, 15) is 22.4 Å². The maximum absolute atomic E-state index is 13.1. The van der Waals surface area contributed by atoms with Crippen LogP contribution in [0.2, 0.25) is 0 Å². The summed E-state index contributed by atoms with van der Waals surface area (Å²) >= 11 is 0. The Morgan fingerprint density at radius 2 is 1.62 bits per heavy atom. The fraction of sp³-hybridized carbons (Fsp3) is 0.105. The Bertz CT molecular complexity index is 1140. The zero-order valence-electron chi connectivity index (χ0n) is 15.3. The number of hydrogen-bond donors (Lipinski definition) is 2. The highest BCUT2D eigenvalue weighted by atomic mass is 32.2. The maximum atomic E-state index is 13.1. The number of imidazole rings is 1. The molecule has 2 aromatic carbocycles. The molecular formula is C19H17FN4O4S. The van der Waals surface area contributed by atoms with Crippen LogP contribution < -0.4 is 10.9 Å². The van der Waals surface area contributed by atoms with Gasteiger partial charge in [0.05, 0.1) is 18.3 Å². The van der Waals surface area contributed by atoms with E-state index in [0.717, 1.165) is 6.26 Å². The van der Waals surface area contributed by atoms with Crippen LogP contribution in [0.4, 0.5) is 4.39 Å². The monoisotopic (exact) mass is 416 g/mol. The lowest BCUT2D eigenvalue weighted by atomic mass is 10.1. The van der Waals surface area contributed by atoms with E-state index in [-0.39, 0.29) is 17.0 Å². The molecule has 3 rings (SSSR count). The van der Waals surface area contributed by atoms with E-state index in [2.05, 4.69) is 15.8 Å². The summed E-state index contributed by atoms with van der Waals surface area (Å²) < 4.78 is 37.1. The van der Waals surface area contributed by atoms with Crippen LogP contribution in [0.25, 0.3) is 5.69 Å². The molecule has 150 valence electrons. The van der Waals surface area contributed by atoms with Crippen molar-refractivity contribution in [3.05, 3.63) is 83.7 Å². The van der Waals surface area contributed by atoms with E-state index in [4.69, 9.17) is 0 Å². The number of benzene rings is 2. The standard InChI is InChI=1S/C19H17FN4O4S/c1-29(27,28)11-13-2-4-14(5-3-13)18(25)22-23-19(26)17-10-21-12-24(17)16-8-6-15(20)7-9-16/h2-10,12H,11H2,1H3,(H,22,25)(H,23,26). The number of amides is 2. The Kier molecular flexibility index (Phi) is 5.74. The average Bonchev–Trinajstić information content (AvgIpc) is 3.15. The third-order valence-corrected chi connectivity index (χ3v) is 4.77. The third-order valence-electron chi connectivity index (χ3n) is 3.91. The minimum absolute atomic E-state index is 0.126. The maximum Gasteiger partial charge on any atom is 0.288 e. The van der Waals surface area contributed by atoms with Crippen LogP contribution in [0.3, 0.4) is 0 Å². The van der Waals surface area contributed by atoms with Gasteiger partial charge in [-0.2, -0.15) is 0 Å². The third kappa shape index (κ3) is 5.26. The summed E-state index contributed by atoms with van der Waals surface area (Å²) in [5.74, 6) is -1.72. The lowest BCUT2D eigenvalue weighted by molar-refractivity contribution is 0.0843. The van der Waals surface area contributed by atoms with Crippen LogP contribution in [0, 0.1) is 5.82 Å². The van der Waals surface area contributed by atoms with Gasteiger partial charge in [0.15, 0.2) is 9.84 Å². The van der Waals surface area contributed by atoms with Crippen molar-refractivity contribution >= 4 is 21.7 Å². The topological polar surface area (TPSA) is 110 Å². The number of rotatable bonds is 5. The highest BCUT2D eigenvalue weighted by molar-refractivity contribution is 7.89. The van der Waals surface area contributed by atoms with E-state index >= 15 is 0 Å². The van der Waals surface area contributed by atoms with Crippen molar-refractivity contribution in [3.63, 3.8) is 0 Å². The number of nitrogens with zero attached hydrogens (tertiary/aromatic N) is 2. The number of carbonyl (C=O) groups is 2. The smallest absolute Gasteiger partial charge is 0.288 e. The summed E-state index contributed by atoms with van der Waals surface area (Å²) in [6.45, 7) is 0. The summed E-state index contributed by atoms with van der Waals surface area (Å²) in [7, 11) is -3.17.